The van der Waals surface area contributed by atoms with E-state index in [1.807, 2.05) is 4.68 Å². The summed E-state index contributed by atoms with van der Waals surface area (Å²) < 4.78 is 7.31. The van der Waals surface area contributed by atoms with Gasteiger partial charge < -0.3 is 20.1 Å². The molecule has 1 saturated heterocycles. The molecule has 4 rings (SSSR count). The molecule has 8 nitrogen and oxygen atoms in total. The smallest absolute Gasteiger partial charge is 0.249 e. The molecule has 0 aromatic carbocycles. The minimum Gasteiger partial charge on any atom is -0.395 e. The molecule has 120 valence electrons. The minimum absolute atomic E-state index is 0.159. The monoisotopic (exact) mass is 306 g/mol. The molecular formula is C14H22N6O2. The lowest BCUT2D eigenvalue weighted by Gasteiger charge is -2.25. The van der Waals surface area contributed by atoms with Crippen LogP contribution in [0.15, 0.2) is 4.99 Å². The number of hydrogen-bond acceptors (Lipinski definition) is 7. The standard InChI is InChI=1S/C14H22N6O2/c21-6-3-15-11-2-1-10-9-20-13(16-12(10)11)17-14(18-20)19-4-7-22-8-5-19/h10-11,15,21H,1-9H2. The van der Waals surface area contributed by atoms with Gasteiger partial charge in [0, 0.05) is 37.3 Å². The lowest BCUT2D eigenvalue weighted by Crippen LogP contribution is -2.38. The summed E-state index contributed by atoms with van der Waals surface area (Å²) in [6.07, 6.45) is 2.19. The van der Waals surface area contributed by atoms with E-state index in [2.05, 4.69) is 20.3 Å². The molecule has 0 spiro atoms. The van der Waals surface area contributed by atoms with Crippen LogP contribution in [-0.4, -0.2) is 71.1 Å². The first-order valence-electron chi connectivity index (χ1n) is 8.05. The normalized spacial score (nSPS) is 27.5. The van der Waals surface area contributed by atoms with Gasteiger partial charge >= 0.3 is 0 Å². The Morgan fingerprint density at radius 2 is 2.14 bits per heavy atom. The molecule has 0 radical (unpaired) electrons. The van der Waals surface area contributed by atoms with Crippen LogP contribution in [0, 0.1) is 5.92 Å². The Balaban J connectivity index is 1.55. The number of nitrogens with one attached hydrogen (secondary N) is 1. The highest BCUT2D eigenvalue weighted by Gasteiger charge is 2.36. The van der Waals surface area contributed by atoms with Crippen molar-refractivity contribution in [3.8, 4) is 0 Å². The average Bonchev–Trinajstić information content (AvgIpc) is 3.15. The summed E-state index contributed by atoms with van der Waals surface area (Å²) >= 11 is 0. The number of rotatable bonds is 4. The van der Waals surface area contributed by atoms with Gasteiger partial charge in [-0.2, -0.15) is 4.98 Å². The molecule has 1 aromatic heterocycles. The number of nitrogens with zero attached hydrogens (tertiary/aromatic N) is 5. The zero-order valence-corrected chi connectivity index (χ0v) is 12.6. The van der Waals surface area contributed by atoms with Gasteiger partial charge in [-0.1, -0.05) is 0 Å². The van der Waals surface area contributed by atoms with Crippen molar-refractivity contribution in [1.29, 1.82) is 0 Å². The minimum atomic E-state index is 0.159. The Hall–Kier alpha value is -1.51. The van der Waals surface area contributed by atoms with Crippen molar-refractivity contribution < 1.29 is 9.84 Å². The second-order valence-corrected chi connectivity index (χ2v) is 6.03. The summed E-state index contributed by atoms with van der Waals surface area (Å²) in [5, 5.41) is 17.0. The number of ether oxygens (including phenoxy) is 1. The van der Waals surface area contributed by atoms with Crippen molar-refractivity contribution in [1.82, 2.24) is 20.1 Å². The quantitative estimate of drug-likeness (QED) is 0.784. The molecule has 2 N–H and O–H groups in total. The first-order valence-corrected chi connectivity index (χ1v) is 8.05. The first kappa shape index (κ1) is 14.1. The maximum Gasteiger partial charge on any atom is 0.249 e. The zero-order chi connectivity index (χ0) is 14.9. The highest BCUT2D eigenvalue weighted by Crippen LogP contribution is 2.32. The van der Waals surface area contributed by atoms with Crippen LogP contribution in [0.2, 0.25) is 0 Å². The molecule has 2 fully saturated rings. The first-order chi connectivity index (χ1) is 10.8. The van der Waals surface area contributed by atoms with Crippen LogP contribution < -0.4 is 10.2 Å². The predicted molar refractivity (Wildman–Crippen MR) is 81.7 cm³/mol. The van der Waals surface area contributed by atoms with Crippen LogP contribution in [0.5, 0.6) is 0 Å². The lowest BCUT2D eigenvalue weighted by atomic mass is 10.0. The molecule has 22 heavy (non-hydrogen) atoms. The third-order valence-electron chi connectivity index (χ3n) is 4.64. The summed E-state index contributed by atoms with van der Waals surface area (Å²) in [5.74, 6) is 1.93. The number of aromatic nitrogens is 3. The largest absolute Gasteiger partial charge is 0.395 e. The van der Waals surface area contributed by atoms with Gasteiger partial charge in [-0.25, -0.2) is 9.67 Å². The molecule has 2 aliphatic heterocycles. The Bertz CT molecular complexity index is 566. The highest BCUT2D eigenvalue weighted by molar-refractivity contribution is 5.95. The highest BCUT2D eigenvalue weighted by atomic mass is 16.5. The lowest BCUT2D eigenvalue weighted by molar-refractivity contribution is 0.122. The molecule has 3 aliphatic rings. The van der Waals surface area contributed by atoms with Gasteiger partial charge in [0.1, 0.15) is 0 Å². The molecule has 2 atom stereocenters. The van der Waals surface area contributed by atoms with Crippen molar-refractivity contribution in [3.05, 3.63) is 0 Å². The van der Waals surface area contributed by atoms with Crippen molar-refractivity contribution in [3.63, 3.8) is 0 Å². The number of morpholine rings is 1. The molecule has 2 unspecified atom stereocenters. The third-order valence-corrected chi connectivity index (χ3v) is 4.64. The number of hydrogen-bond donors (Lipinski definition) is 2. The summed E-state index contributed by atoms with van der Waals surface area (Å²) in [7, 11) is 0. The molecule has 0 bridgehead atoms. The number of aliphatic imine (C=N–C) groups is 1. The van der Waals surface area contributed by atoms with Crippen molar-refractivity contribution in [2.24, 2.45) is 10.9 Å². The maximum atomic E-state index is 8.98. The summed E-state index contributed by atoms with van der Waals surface area (Å²) in [5.41, 5.74) is 1.18. The van der Waals surface area contributed by atoms with E-state index in [9.17, 15) is 0 Å². The Kier molecular flexibility index (Phi) is 3.81. The zero-order valence-electron chi connectivity index (χ0n) is 12.6. The van der Waals surface area contributed by atoms with Crippen LogP contribution in [0.3, 0.4) is 0 Å². The second kappa shape index (κ2) is 5.94. The summed E-state index contributed by atoms with van der Waals surface area (Å²) in [6.45, 7) is 4.77. The molecular weight excluding hydrogens is 284 g/mol. The topological polar surface area (TPSA) is 87.8 Å². The fraction of sp³-hybridized carbons (Fsp3) is 0.786. The van der Waals surface area contributed by atoms with E-state index in [0.29, 0.717) is 18.4 Å². The third kappa shape index (κ3) is 2.51. The predicted octanol–water partition coefficient (Wildman–Crippen LogP) is -0.439. The molecule has 0 amide bonds. The van der Waals surface area contributed by atoms with E-state index >= 15 is 0 Å². The summed E-state index contributed by atoms with van der Waals surface area (Å²) in [6, 6.07) is 0.273. The van der Waals surface area contributed by atoms with Crippen LogP contribution >= 0.6 is 0 Å². The van der Waals surface area contributed by atoms with E-state index in [-0.39, 0.29) is 12.6 Å². The molecule has 8 heteroatoms. The van der Waals surface area contributed by atoms with E-state index in [1.54, 1.807) is 0 Å². The van der Waals surface area contributed by atoms with E-state index in [4.69, 9.17) is 14.8 Å². The van der Waals surface area contributed by atoms with Crippen molar-refractivity contribution in [2.45, 2.75) is 25.4 Å². The number of aliphatic hydroxyl groups is 1. The van der Waals surface area contributed by atoms with E-state index in [0.717, 1.165) is 51.6 Å². The van der Waals surface area contributed by atoms with Crippen LogP contribution in [0.25, 0.3) is 0 Å². The Morgan fingerprint density at radius 1 is 1.27 bits per heavy atom. The number of aliphatic hydroxyl groups excluding tert-OH is 1. The van der Waals surface area contributed by atoms with Gasteiger partial charge in [0.15, 0.2) is 0 Å². The average molecular weight is 306 g/mol. The van der Waals surface area contributed by atoms with Crippen molar-refractivity contribution in [2.75, 3.05) is 44.4 Å². The van der Waals surface area contributed by atoms with Crippen molar-refractivity contribution >= 4 is 17.6 Å². The molecule has 1 saturated carbocycles. The van der Waals surface area contributed by atoms with E-state index < -0.39 is 0 Å². The summed E-state index contributed by atoms with van der Waals surface area (Å²) in [4.78, 5) is 11.5. The Morgan fingerprint density at radius 3 is 2.95 bits per heavy atom. The van der Waals surface area contributed by atoms with Gasteiger partial charge in [0.2, 0.25) is 11.9 Å². The van der Waals surface area contributed by atoms with Crippen LogP contribution in [0.1, 0.15) is 12.8 Å². The van der Waals surface area contributed by atoms with Gasteiger partial charge in [0.05, 0.1) is 26.4 Å². The van der Waals surface area contributed by atoms with Gasteiger partial charge in [-0.05, 0) is 12.8 Å². The SMILES string of the molecule is OCCNC1CCC2Cn3nc(N4CCOCC4)nc3N=C21. The number of anilines is 1. The Labute approximate surface area is 129 Å². The van der Waals surface area contributed by atoms with Gasteiger partial charge in [0.25, 0.3) is 0 Å². The van der Waals surface area contributed by atoms with Crippen LogP contribution in [-0.2, 0) is 11.3 Å². The maximum absolute atomic E-state index is 8.98. The van der Waals surface area contributed by atoms with Crippen LogP contribution in [0.4, 0.5) is 11.9 Å². The molecule has 1 aliphatic carbocycles. The van der Waals surface area contributed by atoms with Gasteiger partial charge in [-0.3, -0.25) is 0 Å². The fourth-order valence-electron chi connectivity index (χ4n) is 3.50. The van der Waals surface area contributed by atoms with E-state index in [1.165, 1.54) is 5.71 Å². The number of fused-ring (bicyclic) bond motifs is 2. The molecule has 3 heterocycles. The van der Waals surface area contributed by atoms with Gasteiger partial charge in [-0.15, -0.1) is 5.10 Å². The fourth-order valence-corrected chi connectivity index (χ4v) is 3.50. The second-order valence-electron chi connectivity index (χ2n) is 6.03. The molecule has 1 aromatic rings.